The van der Waals surface area contributed by atoms with Gasteiger partial charge in [0.1, 0.15) is 5.69 Å². The van der Waals surface area contributed by atoms with Gasteiger partial charge in [0.15, 0.2) is 6.29 Å². The zero-order chi connectivity index (χ0) is 11.9. The number of rotatable bonds is 2. The molecular weight excluding hydrogens is 194 g/mol. The van der Waals surface area contributed by atoms with Crippen molar-refractivity contribution in [3.63, 3.8) is 0 Å². The second-order valence-electron chi connectivity index (χ2n) is 5.27. The summed E-state index contributed by atoms with van der Waals surface area (Å²) in [5, 5.41) is 25.5. The third-order valence-corrected chi connectivity index (χ3v) is 3.18. The Hall–Kier alpha value is -0.940. The van der Waals surface area contributed by atoms with Crippen LogP contribution in [0.5, 0.6) is 0 Å². The van der Waals surface area contributed by atoms with Gasteiger partial charge < -0.3 is 10.2 Å². The molecule has 0 saturated heterocycles. The van der Waals surface area contributed by atoms with E-state index in [1.165, 1.54) is 0 Å². The van der Waals surface area contributed by atoms with Gasteiger partial charge in [-0.2, -0.15) is 0 Å². The summed E-state index contributed by atoms with van der Waals surface area (Å²) >= 11 is 0. The Bertz CT molecular complexity index is 337. The van der Waals surface area contributed by atoms with Crippen molar-refractivity contribution in [3.8, 4) is 0 Å². The van der Waals surface area contributed by atoms with Crippen LogP contribution in [-0.4, -0.2) is 25.2 Å². The lowest BCUT2D eigenvalue weighted by molar-refractivity contribution is -0.0459. The number of hydrogen-bond donors (Lipinski definition) is 2. The molecule has 2 N–H and O–H groups in total. The molecule has 1 aromatic rings. The van der Waals surface area contributed by atoms with Crippen LogP contribution in [0.15, 0.2) is 6.20 Å². The van der Waals surface area contributed by atoms with Gasteiger partial charge in [0.25, 0.3) is 0 Å². The molecule has 15 heavy (non-hydrogen) atoms. The molecule has 0 bridgehead atoms. The van der Waals surface area contributed by atoms with Gasteiger partial charge in [-0.3, -0.25) is 0 Å². The summed E-state index contributed by atoms with van der Waals surface area (Å²) in [6, 6.07) is 0. The first-order valence-electron chi connectivity index (χ1n) is 4.95. The monoisotopic (exact) mass is 213 g/mol. The Kier molecular flexibility index (Phi) is 2.89. The van der Waals surface area contributed by atoms with E-state index in [1.807, 2.05) is 13.8 Å². The van der Waals surface area contributed by atoms with E-state index in [1.54, 1.807) is 10.9 Å². The highest BCUT2D eigenvalue weighted by Gasteiger charge is 2.35. The molecule has 0 amide bonds. The molecule has 1 heterocycles. The van der Waals surface area contributed by atoms with Crippen LogP contribution in [0.25, 0.3) is 0 Å². The summed E-state index contributed by atoms with van der Waals surface area (Å²) in [7, 11) is 0. The number of hydrogen-bond acceptors (Lipinski definition) is 4. The summed E-state index contributed by atoms with van der Waals surface area (Å²) in [5.74, 6) is 0. The highest BCUT2D eigenvalue weighted by Crippen LogP contribution is 2.35. The van der Waals surface area contributed by atoms with Crippen molar-refractivity contribution in [3.05, 3.63) is 11.9 Å². The van der Waals surface area contributed by atoms with Crippen molar-refractivity contribution in [1.82, 2.24) is 15.0 Å². The Balaban J connectivity index is 3.06. The van der Waals surface area contributed by atoms with Crippen molar-refractivity contribution in [2.75, 3.05) is 0 Å². The first kappa shape index (κ1) is 12.1. The number of aliphatic hydroxyl groups excluding tert-OH is 1. The molecule has 1 rings (SSSR count). The van der Waals surface area contributed by atoms with E-state index in [-0.39, 0.29) is 16.6 Å². The topological polar surface area (TPSA) is 71.2 Å². The largest absolute Gasteiger partial charge is 0.363 e. The maximum Gasteiger partial charge on any atom is 0.199 e. The van der Waals surface area contributed by atoms with E-state index >= 15 is 0 Å². The standard InChI is InChI=1S/C10H19N3O2/c1-9(2,3)10(4,5)13-6-7(8(14)15)11-12-13/h6,8,14-15H,1-5H3. The Labute approximate surface area is 89.7 Å². The molecule has 0 radical (unpaired) electrons. The molecule has 86 valence electrons. The summed E-state index contributed by atoms with van der Waals surface area (Å²) in [4.78, 5) is 0. The van der Waals surface area contributed by atoms with Crippen LogP contribution in [0.3, 0.4) is 0 Å². The quantitative estimate of drug-likeness (QED) is 0.720. The van der Waals surface area contributed by atoms with E-state index in [2.05, 4.69) is 31.1 Å². The Morgan fingerprint density at radius 3 is 2.07 bits per heavy atom. The molecule has 0 fully saturated rings. The van der Waals surface area contributed by atoms with Gasteiger partial charge >= 0.3 is 0 Å². The summed E-state index contributed by atoms with van der Waals surface area (Å²) < 4.78 is 1.67. The average Bonchev–Trinajstić information content (AvgIpc) is 2.49. The van der Waals surface area contributed by atoms with Gasteiger partial charge in [0.2, 0.25) is 0 Å². The van der Waals surface area contributed by atoms with Crippen LogP contribution >= 0.6 is 0 Å². The smallest absolute Gasteiger partial charge is 0.199 e. The molecule has 0 atom stereocenters. The fourth-order valence-electron chi connectivity index (χ4n) is 1.01. The molecule has 0 spiro atoms. The lowest BCUT2D eigenvalue weighted by atomic mass is 9.76. The van der Waals surface area contributed by atoms with E-state index < -0.39 is 6.29 Å². The normalized spacial score (nSPS) is 13.6. The summed E-state index contributed by atoms with van der Waals surface area (Å²) in [6.45, 7) is 10.4. The molecule has 0 aliphatic heterocycles. The van der Waals surface area contributed by atoms with Gasteiger partial charge in [0.05, 0.1) is 11.7 Å². The zero-order valence-corrected chi connectivity index (χ0v) is 9.89. The minimum atomic E-state index is -1.56. The van der Waals surface area contributed by atoms with Crippen molar-refractivity contribution >= 4 is 0 Å². The van der Waals surface area contributed by atoms with Crippen molar-refractivity contribution in [2.24, 2.45) is 5.41 Å². The molecule has 0 unspecified atom stereocenters. The van der Waals surface area contributed by atoms with Crippen LogP contribution < -0.4 is 0 Å². The highest BCUT2D eigenvalue weighted by atomic mass is 16.5. The first-order chi connectivity index (χ1) is 6.66. The average molecular weight is 213 g/mol. The predicted molar refractivity (Wildman–Crippen MR) is 56.0 cm³/mol. The molecule has 5 nitrogen and oxygen atoms in total. The fraction of sp³-hybridized carbons (Fsp3) is 0.800. The molecule has 0 saturated carbocycles. The van der Waals surface area contributed by atoms with Crippen LogP contribution in [0.4, 0.5) is 0 Å². The molecule has 0 aromatic carbocycles. The van der Waals surface area contributed by atoms with Crippen molar-refractivity contribution < 1.29 is 10.2 Å². The molecule has 5 heteroatoms. The summed E-state index contributed by atoms with van der Waals surface area (Å²) in [5.41, 5.74) is -0.0711. The SMILES string of the molecule is CC(C)(C)C(C)(C)n1cc(C(O)O)nn1. The lowest BCUT2D eigenvalue weighted by Gasteiger charge is -2.38. The Morgan fingerprint density at radius 1 is 1.20 bits per heavy atom. The maximum atomic E-state index is 8.95. The second-order valence-corrected chi connectivity index (χ2v) is 5.27. The van der Waals surface area contributed by atoms with E-state index in [0.717, 1.165) is 0 Å². The second kappa shape index (κ2) is 3.57. The van der Waals surface area contributed by atoms with Crippen LogP contribution in [0.2, 0.25) is 0 Å². The predicted octanol–water partition coefficient (Wildman–Crippen LogP) is 1.04. The van der Waals surface area contributed by atoms with Gasteiger partial charge in [-0.05, 0) is 19.3 Å². The van der Waals surface area contributed by atoms with Gasteiger partial charge in [-0.25, -0.2) is 4.68 Å². The van der Waals surface area contributed by atoms with E-state index in [9.17, 15) is 0 Å². The minimum absolute atomic E-state index is 0.00161. The third kappa shape index (κ3) is 2.18. The number of nitrogens with zero attached hydrogens (tertiary/aromatic N) is 3. The molecule has 1 aromatic heterocycles. The van der Waals surface area contributed by atoms with Gasteiger partial charge in [-0.15, -0.1) is 5.10 Å². The lowest BCUT2D eigenvalue weighted by Crippen LogP contribution is -2.40. The molecule has 0 aliphatic rings. The first-order valence-corrected chi connectivity index (χ1v) is 4.95. The van der Waals surface area contributed by atoms with Crippen LogP contribution in [0.1, 0.15) is 46.6 Å². The van der Waals surface area contributed by atoms with Crippen molar-refractivity contribution in [1.29, 1.82) is 0 Å². The van der Waals surface area contributed by atoms with Crippen LogP contribution in [0, 0.1) is 5.41 Å². The number of aromatic nitrogens is 3. The number of aliphatic hydroxyl groups is 2. The fourth-order valence-corrected chi connectivity index (χ4v) is 1.01. The van der Waals surface area contributed by atoms with E-state index in [4.69, 9.17) is 10.2 Å². The van der Waals surface area contributed by atoms with Crippen LogP contribution in [-0.2, 0) is 5.54 Å². The molecular formula is C10H19N3O2. The third-order valence-electron chi connectivity index (χ3n) is 3.18. The minimum Gasteiger partial charge on any atom is -0.363 e. The highest BCUT2D eigenvalue weighted by molar-refractivity contribution is 4.98. The zero-order valence-electron chi connectivity index (χ0n) is 9.89. The summed E-state index contributed by atoms with van der Waals surface area (Å²) in [6.07, 6.45) is 0.00476. The maximum absolute atomic E-state index is 8.95. The van der Waals surface area contributed by atoms with E-state index in [0.29, 0.717) is 0 Å². The molecule has 0 aliphatic carbocycles. The van der Waals surface area contributed by atoms with Crippen molar-refractivity contribution in [2.45, 2.75) is 46.4 Å². The van der Waals surface area contributed by atoms with Gasteiger partial charge in [0, 0.05) is 0 Å². The Morgan fingerprint density at radius 2 is 1.73 bits per heavy atom. The van der Waals surface area contributed by atoms with Gasteiger partial charge in [-0.1, -0.05) is 26.0 Å².